The molecule has 6 nitrogen and oxygen atoms in total. The molecule has 1 spiro atoms. The molecule has 4 saturated carbocycles. The van der Waals surface area contributed by atoms with Crippen molar-refractivity contribution in [2.24, 2.45) is 52.3 Å². The van der Waals surface area contributed by atoms with E-state index in [9.17, 15) is 9.59 Å². The fraction of sp³-hybridized carbons (Fsp3) is 0.941. The molecule has 2 aliphatic heterocycles. The van der Waals surface area contributed by atoms with E-state index >= 15 is 0 Å². The molecule has 6 fully saturated rings. The number of rotatable bonds is 3. The van der Waals surface area contributed by atoms with Gasteiger partial charge in [0.25, 0.3) is 0 Å². The van der Waals surface area contributed by atoms with Crippen LogP contribution in [-0.4, -0.2) is 42.0 Å². The molecule has 6 aliphatic rings. The quantitative estimate of drug-likeness (QED) is 0.311. The van der Waals surface area contributed by atoms with E-state index in [1.165, 1.54) is 44.9 Å². The zero-order chi connectivity index (χ0) is 28.7. The van der Waals surface area contributed by atoms with Crippen LogP contribution in [0.3, 0.4) is 0 Å². The lowest BCUT2D eigenvalue weighted by Crippen LogP contribution is -2.56. The summed E-state index contributed by atoms with van der Waals surface area (Å²) >= 11 is 0. The van der Waals surface area contributed by atoms with Gasteiger partial charge in [0.1, 0.15) is 12.0 Å². The third-order valence-corrected chi connectivity index (χ3v) is 13.0. The summed E-state index contributed by atoms with van der Waals surface area (Å²) < 4.78 is 18.8. The van der Waals surface area contributed by atoms with E-state index in [1.54, 1.807) is 0 Å². The number of hydrogen-bond donors (Lipinski definition) is 1. The lowest BCUT2D eigenvalue weighted by molar-refractivity contribution is -0.273. The maximum Gasteiger partial charge on any atom is 0.315 e. The zero-order valence-electron chi connectivity index (χ0n) is 26.2. The van der Waals surface area contributed by atoms with Gasteiger partial charge < -0.3 is 19.5 Å². The van der Waals surface area contributed by atoms with Crippen LogP contribution in [0.1, 0.15) is 119 Å². The number of esters is 1. The second-order valence-electron chi connectivity index (χ2n) is 16.5. The molecule has 1 amide bonds. The van der Waals surface area contributed by atoms with Crippen LogP contribution in [0.4, 0.5) is 0 Å². The molecule has 4 aliphatic carbocycles. The van der Waals surface area contributed by atoms with Crippen molar-refractivity contribution in [3.05, 3.63) is 0 Å². The highest BCUT2D eigenvalue weighted by Gasteiger charge is 2.69. The Morgan fingerprint density at radius 2 is 1.68 bits per heavy atom. The Morgan fingerprint density at radius 3 is 2.38 bits per heavy atom. The number of carbonyl (C=O) groups excluding carboxylic acids is 2. The minimum absolute atomic E-state index is 0.174. The standard InChI is InChI=1S/C34H55NO5/c1-20-10-15-34(38-19-20)21(2)30-27(39-34)17-26-24-9-8-22-16-23(35-28(36)18-29(37)40-31(3,4)5)11-13-32(22,6)25(24)12-14-33(26,30)7/h20-27,30H,8-19H2,1-7H3,(H,35,36)/t20-,21-,22+,23?,24?,25?,26?,27?,30?,32-,33-,34+/m0/s1. The second-order valence-corrected chi connectivity index (χ2v) is 16.5. The maximum absolute atomic E-state index is 12.7. The molecule has 1 N–H and O–H groups in total. The topological polar surface area (TPSA) is 73.9 Å². The summed E-state index contributed by atoms with van der Waals surface area (Å²) in [5, 5.41) is 3.20. The predicted octanol–water partition coefficient (Wildman–Crippen LogP) is 6.65. The highest BCUT2D eigenvalue weighted by atomic mass is 16.7. The molecule has 0 radical (unpaired) electrons. The van der Waals surface area contributed by atoms with E-state index in [2.05, 4.69) is 33.0 Å². The van der Waals surface area contributed by atoms with Crippen LogP contribution >= 0.6 is 0 Å². The third kappa shape index (κ3) is 4.75. The fourth-order valence-electron chi connectivity index (χ4n) is 11.2. The van der Waals surface area contributed by atoms with Crippen molar-refractivity contribution >= 4 is 11.9 Å². The van der Waals surface area contributed by atoms with Crippen LogP contribution in [0.25, 0.3) is 0 Å². The van der Waals surface area contributed by atoms with Crippen molar-refractivity contribution in [2.75, 3.05) is 6.61 Å². The van der Waals surface area contributed by atoms with Crippen molar-refractivity contribution in [3.8, 4) is 0 Å². The molecule has 2 saturated heterocycles. The molecule has 40 heavy (non-hydrogen) atoms. The maximum atomic E-state index is 12.7. The van der Waals surface area contributed by atoms with Gasteiger partial charge >= 0.3 is 5.97 Å². The van der Waals surface area contributed by atoms with Crippen molar-refractivity contribution < 1.29 is 23.8 Å². The normalized spacial score (nSPS) is 49.9. The monoisotopic (exact) mass is 557 g/mol. The van der Waals surface area contributed by atoms with Gasteiger partial charge in [-0.1, -0.05) is 27.7 Å². The van der Waals surface area contributed by atoms with Gasteiger partial charge in [-0.2, -0.15) is 0 Å². The molecular weight excluding hydrogens is 502 g/mol. The molecule has 2 heterocycles. The first-order chi connectivity index (χ1) is 18.7. The molecule has 226 valence electrons. The Labute approximate surface area is 242 Å². The van der Waals surface area contributed by atoms with E-state index in [-0.39, 0.29) is 24.2 Å². The molecule has 6 unspecified atom stereocenters. The van der Waals surface area contributed by atoms with Crippen LogP contribution in [-0.2, 0) is 23.8 Å². The lowest BCUT2D eigenvalue weighted by Gasteiger charge is -2.61. The first-order valence-corrected chi connectivity index (χ1v) is 16.6. The molecular formula is C34H55NO5. The van der Waals surface area contributed by atoms with E-state index in [1.807, 2.05) is 20.8 Å². The first-order valence-electron chi connectivity index (χ1n) is 16.6. The largest absolute Gasteiger partial charge is 0.460 e. The van der Waals surface area contributed by atoms with Gasteiger partial charge in [0.2, 0.25) is 5.91 Å². The van der Waals surface area contributed by atoms with Gasteiger partial charge in [0.15, 0.2) is 5.79 Å². The zero-order valence-corrected chi connectivity index (χ0v) is 26.2. The molecule has 12 atom stereocenters. The molecule has 0 aromatic rings. The van der Waals surface area contributed by atoms with Crippen LogP contribution in [0.2, 0.25) is 0 Å². The summed E-state index contributed by atoms with van der Waals surface area (Å²) in [4.78, 5) is 24.8. The van der Waals surface area contributed by atoms with Gasteiger partial charge in [-0.05, 0) is 125 Å². The predicted molar refractivity (Wildman–Crippen MR) is 154 cm³/mol. The lowest BCUT2D eigenvalue weighted by atomic mass is 9.44. The van der Waals surface area contributed by atoms with Gasteiger partial charge in [-0.15, -0.1) is 0 Å². The summed E-state index contributed by atoms with van der Waals surface area (Å²) in [7, 11) is 0. The van der Waals surface area contributed by atoms with Crippen LogP contribution in [0, 0.1) is 52.3 Å². The Bertz CT molecular complexity index is 997. The van der Waals surface area contributed by atoms with Crippen molar-refractivity contribution in [2.45, 2.75) is 143 Å². The molecule has 6 heteroatoms. The van der Waals surface area contributed by atoms with Crippen molar-refractivity contribution in [3.63, 3.8) is 0 Å². The highest BCUT2D eigenvalue weighted by Crippen LogP contribution is 2.71. The number of hydrogen-bond acceptors (Lipinski definition) is 5. The second kappa shape index (κ2) is 9.96. The van der Waals surface area contributed by atoms with Gasteiger partial charge in [-0.25, -0.2) is 0 Å². The van der Waals surface area contributed by atoms with E-state index in [4.69, 9.17) is 14.2 Å². The molecule has 0 aromatic carbocycles. The summed E-state index contributed by atoms with van der Waals surface area (Å²) in [6, 6.07) is 0.174. The number of fused-ring (bicyclic) bond motifs is 7. The summed E-state index contributed by atoms with van der Waals surface area (Å²) in [6.07, 6.45) is 12.1. The average molecular weight is 558 g/mol. The third-order valence-electron chi connectivity index (χ3n) is 13.0. The number of carbonyl (C=O) groups is 2. The van der Waals surface area contributed by atoms with Crippen LogP contribution in [0.5, 0.6) is 0 Å². The smallest absolute Gasteiger partial charge is 0.315 e. The van der Waals surface area contributed by atoms with Gasteiger partial charge in [-0.3, -0.25) is 9.59 Å². The fourth-order valence-corrected chi connectivity index (χ4v) is 11.2. The highest BCUT2D eigenvalue weighted by molar-refractivity contribution is 5.94. The Morgan fingerprint density at radius 1 is 0.925 bits per heavy atom. The van der Waals surface area contributed by atoms with Crippen LogP contribution < -0.4 is 5.32 Å². The molecule has 0 aromatic heterocycles. The van der Waals surface area contributed by atoms with Crippen molar-refractivity contribution in [1.82, 2.24) is 5.32 Å². The number of amides is 1. The Kier molecular flexibility index (Phi) is 7.21. The van der Waals surface area contributed by atoms with Crippen LogP contribution in [0.15, 0.2) is 0 Å². The van der Waals surface area contributed by atoms with Gasteiger partial charge in [0, 0.05) is 18.4 Å². The first kappa shape index (κ1) is 29.0. The Hall–Kier alpha value is -1.14. The van der Waals surface area contributed by atoms with E-state index in [0.29, 0.717) is 40.6 Å². The van der Waals surface area contributed by atoms with E-state index in [0.717, 1.165) is 43.6 Å². The minimum atomic E-state index is -0.565. The van der Waals surface area contributed by atoms with Crippen molar-refractivity contribution in [1.29, 1.82) is 0 Å². The summed E-state index contributed by atoms with van der Waals surface area (Å²) in [6.45, 7) is 16.3. The number of nitrogens with one attached hydrogen (secondary N) is 1. The minimum Gasteiger partial charge on any atom is -0.460 e. The van der Waals surface area contributed by atoms with E-state index < -0.39 is 11.6 Å². The molecule has 6 rings (SSSR count). The SMILES string of the molecule is C[C@H]1CC[C@@]2(OC1)OC1CC3C4CC[C@@H]5CC(NC(=O)CC(=O)OC(C)(C)C)CC[C@]5(C)C4CC[C@]3(C)C1[C@@H]2C. The molecule has 0 bridgehead atoms. The Balaban J connectivity index is 1.09. The van der Waals surface area contributed by atoms with Gasteiger partial charge in [0.05, 0.1) is 12.7 Å². The number of ether oxygens (including phenoxy) is 3. The average Bonchev–Trinajstić information content (AvgIpc) is 3.30. The summed E-state index contributed by atoms with van der Waals surface area (Å²) in [5.74, 6) is 3.76. The summed E-state index contributed by atoms with van der Waals surface area (Å²) in [5.41, 5.74) is 0.145.